The Hall–Kier alpha value is -0.610. The molecule has 0 amide bonds. The molecule has 0 aromatic carbocycles. The minimum absolute atomic E-state index is 0.298. The van der Waals surface area contributed by atoms with Crippen LogP contribution < -0.4 is 5.32 Å². The number of carbonyl (C=O) groups is 1. The number of nitrogens with zero attached hydrogens (tertiary/aromatic N) is 1. The van der Waals surface area contributed by atoms with Crippen LogP contribution in [-0.4, -0.2) is 48.7 Å². The van der Waals surface area contributed by atoms with Crippen molar-refractivity contribution in [2.75, 3.05) is 26.7 Å². The second-order valence-corrected chi connectivity index (χ2v) is 5.73. The Morgan fingerprint density at radius 3 is 2.53 bits per heavy atom. The summed E-state index contributed by atoms with van der Waals surface area (Å²) in [5.74, 6) is -0.686. The van der Waals surface area contributed by atoms with Gasteiger partial charge in [-0.15, -0.1) is 0 Å². The van der Waals surface area contributed by atoms with Crippen molar-refractivity contribution in [1.29, 1.82) is 0 Å². The van der Waals surface area contributed by atoms with E-state index < -0.39 is 5.97 Å². The Morgan fingerprint density at radius 2 is 1.84 bits per heavy atom. The van der Waals surface area contributed by atoms with Crippen LogP contribution in [0.4, 0.5) is 0 Å². The van der Waals surface area contributed by atoms with Gasteiger partial charge in [-0.05, 0) is 58.8 Å². The summed E-state index contributed by atoms with van der Waals surface area (Å²) in [5.41, 5.74) is 0. The Balaban J connectivity index is 1.88. The van der Waals surface area contributed by atoms with Crippen LogP contribution in [0.1, 0.15) is 57.8 Å². The number of aliphatic carboxylic acids is 1. The number of carboxylic acids is 1. The highest BCUT2D eigenvalue weighted by Crippen LogP contribution is 2.21. The van der Waals surface area contributed by atoms with E-state index in [0.717, 1.165) is 32.0 Å². The molecular formula is C15H30N2O2. The zero-order chi connectivity index (χ0) is 13.9. The lowest BCUT2D eigenvalue weighted by atomic mass is 9.94. The van der Waals surface area contributed by atoms with Crippen molar-refractivity contribution in [2.24, 2.45) is 0 Å². The number of nitrogens with one attached hydrogen (secondary N) is 1. The molecule has 1 aliphatic carbocycles. The smallest absolute Gasteiger partial charge is 0.303 e. The van der Waals surface area contributed by atoms with Gasteiger partial charge in [0.1, 0.15) is 0 Å². The summed E-state index contributed by atoms with van der Waals surface area (Å²) < 4.78 is 0. The number of hydrogen-bond donors (Lipinski definition) is 2. The van der Waals surface area contributed by atoms with E-state index in [9.17, 15) is 4.79 Å². The Morgan fingerprint density at radius 1 is 1.16 bits per heavy atom. The molecule has 112 valence electrons. The predicted octanol–water partition coefficient (Wildman–Crippen LogP) is 2.49. The fourth-order valence-electron chi connectivity index (χ4n) is 2.81. The van der Waals surface area contributed by atoms with Gasteiger partial charge in [-0.2, -0.15) is 0 Å². The molecule has 0 aromatic heterocycles. The van der Waals surface area contributed by atoms with Crippen molar-refractivity contribution in [1.82, 2.24) is 10.2 Å². The molecule has 0 atom stereocenters. The van der Waals surface area contributed by atoms with Crippen LogP contribution >= 0.6 is 0 Å². The van der Waals surface area contributed by atoms with Gasteiger partial charge >= 0.3 is 5.97 Å². The molecule has 4 heteroatoms. The van der Waals surface area contributed by atoms with E-state index in [0.29, 0.717) is 6.42 Å². The van der Waals surface area contributed by atoms with Crippen LogP contribution in [0, 0.1) is 0 Å². The molecule has 0 aromatic rings. The van der Waals surface area contributed by atoms with Gasteiger partial charge in [-0.25, -0.2) is 0 Å². The van der Waals surface area contributed by atoms with Crippen molar-refractivity contribution in [3.8, 4) is 0 Å². The van der Waals surface area contributed by atoms with E-state index in [1.165, 1.54) is 45.1 Å². The summed E-state index contributed by atoms with van der Waals surface area (Å²) >= 11 is 0. The lowest BCUT2D eigenvalue weighted by Gasteiger charge is -2.31. The predicted molar refractivity (Wildman–Crippen MR) is 78.5 cm³/mol. The van der Waals surface area contributed by atoms with E-state index in [1.54, 1.807) is 0 Å². The normalized spacial score (nSPS) is 16.9. The van der Waals surface area contributed by atoms with Crippen LogP contribution in [0.15, 0.2) is 0 Å². The lowest BCUT2D eigenvalue weighted by Crippen LogP contribution is -2.35. The lowest BCUT2D eigenvalue weighted by molar-refractivity contribution is -0.137. The highest BCUT2D eigenvalue weighted by molar-refractivity contribution is 5.66. The number of hydrogen-bond acceptors (Lipinski definition) is 3. The molecule has 0 saturated heterocycles. The average molecular weight is 270 g/mol. The van der Waals surface area contributed by atoms with Gasteiger partial charge < -0.3 is 15.3 Å². The van der Waals surface area contributed by atoms with Gasteiger partial charge in [0.25, 0.3) is 0 Å². The van der Waals surface area contributed by atoms with Gasteiger partial charge in [-0.3, -0.25) is 4.79 Å². The van der Waals surface area contributed by atoms with E-state index >= 15 is 0 Å². The molecule has 0 bridgehead atoms. The molecule has 1 saturated carbocycles. The summed E-state index contributed by atoms with van der Waals surface area (Å²) in [4.78, 5) is 12.9. The molecule has 0 spiro atoms. The van der Waals surface area contributed by atoms with Crippen LogP contribution in [0.2, 0.25) is 0 Å². The quantitative estimate of drug-likeness (QED) is 0.599. The molecule has 0 unspecified atom stereocenters. The van der Waals surface area contributed by atoms with E-state index in [2.05, 4.69) is 17.3 Å². The molecule has 4 nitrogen and oxygen atoms in total. The minimum atomic E-state index is -0.686. The first-order valence-corrected chi connectivity index (χ1v) is 7.83. The van der Waals surface area contributed by atoms with E-state index in [-0.39, 0.29) is 0 Å². The SMILES string of the molecule is CN(CCCNCCCCC(=O)O)C1CCCCC1. The molecular weight excluding hydrogens is 240 g/mol. The maximum Gasteiger partial charge on any atom is 0.303 e. The van der Waals surface area contributed by atoms with E-state index in [4.69, 9.17) is 5.11 Å². The summed E-state index contributed by atoms with van der Waals surface area (Å²) in [7, 11) is 2.25. The van der Waals surface area contributed by atoms with Gasteiger partial charge in [0.15, 0.2) is 0 Å². The number of unbranched alkanes of at least 4 members (excludes halogenated alkanes) is 1. The molecule has 0 heterocycles. The van der Waals surface area contributed by atoms with Crippen LogP contribution in [0.5, 0.6) is 0 Å². The maximum absolute atomic E-state index is 10.3. The minimum Gasteiger partial charge on any atom is -0.481 e. The second-order valence-electron chi connectivity index (χ2n) is 5.73. The molecule has 2 N–H and O–H groups in total. The third-order valence-electron chi connectivity index (χ3n) is 4.06. The zero-order valence-electron chi connectivity index (χ0n) is 12.4. The van der Waals surface area contributed by atoms with Crippen molar-refractivity contribution in [2.45, 2.75) is 63.8 Å². The largest absolute Gasteiger partial charge is 0.481 e. The highest BCUT2D eigenvalue weighted by Gasteiger charge is 2.16. The standard InChI is InChI=1S/C15H30N2O2/c1-17(14-8-3-2-4-9-14)13-7-12-16-11-6-5-10-15(18)19/h14,16H,2-13H2,1H3,(H,18,19). The molecule has 0 radical (unpaired) electrons. The third-order valence-corrected chi connectivity index (χ3v) is 4.06. The van der Waals surface area contributed by atoms with Gasteiger partial charge in [0.2, 0.25) is 0 Å². The fraction of sp³-hybridized carbons (Fsp3) is 0.933. The van der Waals surface area contributed by atoms with Crippen molar-refractivity contribution < 1.29 is 9.90 Å². The topological polar surface area (TPSA) is 52.6 Å². The highest BCUT2D eigenvalue weighted by atomic mass is 16.4. The summed E-state index contributed by atoms with van der Waals surface area (Å²) in [6.45, 7) is 3.16. The summed E-state index contributed by atoms with van der Waals surface area (Å²) in [6.07, 6.45) is 10.2. The molecule has 1 fully saturated rings. The third kappa shape index (κ3) is 8.22. The summed E-state index contributed by atoms with van der Waals surface area (Å²) in [5, 5.41) is 11.9. The maximum atomic E-state index is 10.3. The molecule has 1 rings (SSSR count). The number of rotatable bonds is 10. The first kappa shape index (κ1) is 16.4. The zero-order valence-corrected chi connectivity index (χ0v) is 12.4. The fourth-order valence-corrected chi connectivity index (χ4v) is 2.81. The van der Waals surface area contributed by atoms with Crippen molar-refractivity contribution in [3.05, 3.63) is 0 Å². The first-order chi connectivity index (χ1) is 9.20. The molecule has 0 aliphatic heterocycles. The average Bonchev–Trinajstić information content (AvgIpc) is 2.42. The monoisotopic (exact) mass is 270 g/mol. The Bertz CT molecular complexity index is 240. The van der Waals surface area contributed by atoms with E-state index in [1.807, 2.05) is 0 Å². The van der Waals surface area contributed by atoms with Crippen molar-refractivity contribution in [3.63, 3.8) is 0 Å². The Labute approximate surface area is 117 Å². The van der Waals surface area contributed by atoms with Crippen LogP contribution in [0.3, 0.4) is 0 Å². The van der Waals surface area contributed by atoms with Crippen molar-refractivity contribution >= 4 is 5.97 Å². The molecule has 19 heavy (non-hydrogen) atoms. The van der Waals surface area contributed by atoms with Crippen LogP contribution in [0.25, 0.3) is 0 Å². The second kappa shape index (κ2) is 10.2. The van der Waals surface area contributed by atoms with Gasteiger partial charge in [0, 0.05) is 12.5 Å². The van der Waals surface area contributed by atoms with Gasteiger partial charge in [0.05, 0.1) is 0 Å². The Kier molecular flexibility index (Phi) is 8.84. The van der Waals surface area contributed by atoms with Gasteiger partial charge in [-0.1, -0.05) is 19.3 Å². The number of carboxylic acid groups (broad SMARTS) is 1. The molecule has 1 aliphatic rings. The first-order valence-electron chi connectivity index (χ1n) is 7.83. The summed E-state index contributed by atoms with van der Waals surface area (Å²) in [6, 6.07) is 0.810. The van der Waals surface area contributed by atoms with Crippen LogP contribution in [-0.2, 0) is 4.79 Å².